The summed E-state index contributed by atoms with van der Waals surface area (Å²) >= 11 is 0. The summed E-state index contributed by atoms with van der Waals surface area (Å²) in [6, 6.07) is 1.24. The molecule has 0 aliphatic carbocycles. The number of aryl methyl sites for hydroxylation is 1. The highest BCUT2D eigenvalue weighted by molar-refractivity contribution is 5.88. The topological polar surface area (TPSA) is 42.0 Å². The van der Waals surface area contributed by atoms with Crippen LogP contribution in [0.1, 0.15) is 12.6 Å². The van der Waals surface area contributed by atoms with Gasteiger partial charge in [-0.2, -0.15) is 0 Å². The first-order valence-electron chi connectivity index (χ1n) is 3.49. The molecule has 0 fully saturated rings. The third-order valence-corrected chi connectivity index (χ3v) is 1.35. The number of hydrogen-bond acceptors (Lipinski definition) is 2. The molecule has 1 rings (SSSR count). The Hall–Kier alpha value is -1.45. The molecule has 0 atom stereocenters. The first-order valence-corrected chi connectivity index (χ1v) is 3.49. The van der Waals surface area contributed by atoms with Gasteiger partial charge < -0.3 is 5.32 Å². The van der Waals surface area contributed by atoms with Gasteiger partial charge in [0.2, 0.25) is 5.91 Å². The van der Waals surface area contributed by atoms with Crippen LogP contribution in [0.5, 0.6) is 0 Å². The predicted molar refractivity (Wildman–Crippen MR) is 43.2 cm³/mol. The van der Waals surface area contributed by atoms with Gasteiger partial charge in [0, 0.05) is 13.0 Å². The Balaban J connectivity index is 2.89. The van der Waals surface area contributed by atoms with E-state index in [4.69, 9.17) is 0 Å². The summed E-state index contributed by atoms with van der Waals surface area (Å²) in [6.07, 6.45) is 1.42. The lowest BCUT2D eigenvalue weighted by Crippen LogP contribution is -2.06. The van der Waals surface area contributed by atoms with Gasteiger partial charge in [0.1, 0.15) is 5.82 Å². The Labute approximate surface area is 69.6 Å². The van der Waals surface area contributed by atoms with Crippen molar-refractivity contribution >= 4 is 11.6 Å². The zero-order chi connectivity index (χ0) is 9.14. The fourth-order valence-corrected chi connectivity index (χ4v) is 0.778. The lowest BCUT2D eigenvalue weighted by atomic mass is 10.3. The van der Waals surface area contributed by atoms with E-state index in [1.807, 2.05) is 0 Å². The molecular formula is C8H9FN2O. The molecule has 0 aliphatic heterocycles. The molecule has 0 aliphatic rings. The number of carbonyl (C=O) groups is 1. The van der Waals surface area contributed by atoms with E-state index in [0.29, 0.717) is 11.4 Å². The predicted octanol–water partition coefficient (Wildman–Crippen LogP) is 1.49. The summed E-state index contributed by atoms with van der Waals surface area (Å²) in [5.41, 5.74) is 0.703. The summed E-state index contributed by atoms with van der Waals surface area (Å²) in [5, 5.41) is 2.43. The van der Waals surface area contributed by atoms with Crippen molar-refractivity contribution in [2.75, 3.05) is 5.32 Å². The lowest BCUT2D eigenvalue weighted by molar-refractivity contribution is -0.114. The molecule has 0 radical (unpaired) electrons. The summed E-state index contributed by atoms with van der Waals surface area (Å²) in [7, 11) is 0. The van der Waals surface area contributed by atoms with Crippen LogP contribution in [0.15, 0.2) is 12.3 Å². The van der Waals surface area contributed by atoms with Crippen LogP contribution >= 0.6 is 0 Å². The number of aromatic nitrogens is 1. The molecule has 0 saturated heterocycles. The first kappa shape index (κ1) is 8.64. The van der Waals surface area contributed by atoms with Crippen molar-refractivity contribution in [3.63, 3.8) is 0 Å². The van der Waals surface area contributed by atoms with E-state index < -0.39 is 5.82 Å². The normalized spacial score (nSPS) is 9.58. The molecule has 1 heterocycles. The van der Waals surface area contributed by atoms with Crippen LogP contribution in [0.4, 0.5) is 10.1 Å². The number of amides is 1. The van der Waals surface area contributed by atoms with Gasteiger partial charge in [-0.05, 0) is 6.92 Å². The molecule has 1 aromatic rings. The Bertz CT molecular complexity index is 312. The number of rotatable bonds is 1. The molecule has 0 bridgehead atoms. The van der Waals surface area contributed by atoms with E-state index >= 15 is 0 Å². The number of carbonyl (C=O) groups excluding carboxylic acids is 1. The fourth-order valence-electron chi connectivity index (χ4n) is 0.778. The summed E-state index contributed by atoms with van der Waals surface area (Å²) in [4.78, 5) is 14.3. The molecule has 0 unspecified atom stereocenters. The maximum absolute atomic E-state index is 12.8. The van der Waals surface area contributed by atoms with Crippen LogP contribution in [-0.4, -0.2) is 10.9 Å². The third-order valence-electron chi connectivity index (χ3n) is 1.35. The molecule has 3 nitrogen and oxygen atoms in total. The smallest absolute Gasteiger partial charge is 0.221 e. The monoisotopic (exact) mass is 168 g/mol. The molecule has 1 amide bonds. The fraction of sp³-hybridized carbons (Fsp3) is 0.250. The van der Waals surface area contributed by atoms with Crippen molar-refractivity contribution in [3.8, 4) is 0 Å². The maximum Gasteiger partial charge on any atom is 0.221 e. The highest BCUT2D eigenvalue weighted by Gasteiger charge is 2.00. The van der Waals surface area contributed by atoms with Crippen LogP contribution in [0.3, 0.4) is 0 Å². The maximum atomic E-state index is 12.8. The Morgan fingerprint density at radius 2 is 2.33 bits per heavy atom. The van der Waals surface area contributed by atoms with E-state index in [1.54, 1.807) is 6.92 Å². The number of anilines is 1. The van der Waals surface area contributed by atoms with Crippen molar-refractivity contribution in [2.24, 2.45) is 0 Å². The minimum atomic E-state index is -0.416. The quantitative estimate of drug-likeness (QED) is 0.690. The average Bonchev–Trinajstić information content (AvgIpc) is 1.96. The second-order valence-corrected chi connectivity index (χ2v) is 2.47. The van der Waals surface area contributed by atoms with E-state index in [-0.39, 0.29) is 5.91 Å². The first-order chi connectivity index (χ1) is 5.59. The van der Waals surface area contributed by atoms with Gasteiger partial charge in [-0.1, -0.05) is 0 Å². The molecule has 1 aromatic heterocycles. The minimum Gasteiger partial charge on any atom is -0.325 e. The Morgan fingerprint density at radius 3 is 2.83 bits per heavy atom. The zero-order valence-electron chi connectivity index (χ0n) is 6.89. The molecule has 0 aromatic carbocycles. The Morgan fingerprint density at radius 1 is 1.67 bits per heavy atom. The molecule has 4 heteroatoms. The van der Waals surface area contributed by atoms with Gasteiger partial charge in [0.05, 0.1) is 17.6 Å². The largest absolute Gasteiger partial charge is 0.325 e. The summed E-state index contributed by atoms with van der Waals surface area (Å²) in [6.45, 7) is 2.92. The highest BCUT2D eigenvalue weighted by atomic mass is 19.1. The van der Waals surface area contributed by atoms with E-state index in [0.717, 1.165) is 0 Å². The molecule has 12 heavy (non-hydrogen) atoms. The Kier molecular flexibility index (Phi) is 2.38. The number of nitrogens with zero attached hydrogens (tertiary/aromatic N) is 1. The van der Waals surface area contributed by atoms with Gasteiger partial charge in [-0.25, -0.2) is 4.39 Å². The number of nitrogens with one attached hydrogen (secondary N) is 1. The van der Waals surface area contributed by atoms with Gasteiger partial charge in [-0.15, -0.1) is 0 Å². The van der Waals surface area contributed by atoms with Crippen molar-refractivity contribution in [1.82, 2.24) is 4.98 Å². The number of hydrogen-bond donors (Lipinski definition) is 1. The van der Waals surface area contributed by atoms with Crippen LogP contribution in [0.25, 0.3) is 0 Å². The SMILES string of the molecule is CC(=O)Nc1cnc(C)c(F)c1. The lowest BCUT2D eigenvalue weighted by Gasteiger charge is -2.01. The number of pyridine rings is 1. The average molecular weight is 168 g/mol. The van der Waals surface area contributed by atoms with Gasteiger partial charge in [0.15, 0.2) is 0 Å². The second kappa shape index (κ2) is 3.30. The van der Waals surface area contributed by atoms with Crippen molar-refractivity contribution in [1.29, 1.82) is 0 Å². The summed E-state index contributed by atoms with van der Waals surface area (Å²) < 4.78 is 12.8. The van der Waals surface area contributed by atoms with Crippen LogP contribution in [-0.2, 0) is 4.79 Å². The minimum absolute atomic E-state index is 0.236. The van der Waals surface area contributed by atoms with Crippen molar-refractivity contribution < 1.29 is 9.18 Å². The summed E-state index contributed by atoms with van der Waals surface area (Å²) in [5.74, 6) is -0.652. The van der Waals surface area contributed by atoms with Crippen LogP contribution in [0, 0.1) is 12.7 Å². The second-order valence-electron chi connectivity index (χ2n) is 2.47. The number of halogens is 1. The third kappa shape index (κ3) is 2.02. The van der Waals surface area contributed by atoms with E-state index in [1.165, 1.54) is 19.2 Å². The highest BCUT2D eigenvalue weighted by Crippen LogP contribution is 2.09. The molecule has 1 N–H and O–H groups in total. The molecule has 0 spiro atoms. The van der Waals surface area contributed by atoms with E-state index in [2.05, 4.69) is 10.3 Å². The molecule has 64 valence electrons. The molecular weight excluding hydrogens is 159 g/mol. The van der Waals surface area contributed by atoms with Crippen molar-refractivity contribution in [2.45, 2.75) is 13.8 Å². The zero-order valence-corrected chi connectivity index (χ0v) is 6.89. The van der Waals surface area contributed by atoms with Crippen LogP contribution < -0.4 is 5.32 Å². The van der Waals surface area contributed by atoms with E-state index in [9.17, 15) is 9.18 Å². The standard InChI is InChI=1S/C8H9FN2O/c1-5-8(9)3-7(4-10-5)11-6(2)12/h3-4H,1-2H3,(H,11,12). The molecule has 0 saturated carbocycles. The van der Waals surface area contributed by atoms with Crippen LogP contribution in [0.2, 0.25) is 0 Å². The van der Waals surface area contributed by atoms with Gasteiger partial charge in [-0.3, -0.25) is 9.78 Å². The van der Waals surface area contributed by atoms with Gasteiger partial charge in [0.25, 0.3) is 0 Å². The van der Waals surface area contributed by atoms with Gasteiger partial charge >= 0.3 is 0 Å². The van der Waals surface area contributed by atoms with Crippen molar-refractivity contribution in [3.05, 3.63) is 23.8 Å².